The lowest BCUT2D eigenvalue weighted by Gasteiger charge is -2.26. The van der Waals surface area contributed by atoms with Gasteiger partial charge in [0.2, 0.25) is 0 Å². The number of carbonyl (C=O) groups is 1. The van der Waals surface area contributed by atoms with Crippen molar-refractivity contribution in [3.63, 3.8) is 0 Å². The highest BCUT2D eigenvalue weighted by molar-refractivity contribution is 5.96. The molecule has 4 rings (SSSR count). The van der Waals surface area contributed by atoms with Crippen LogP contribution in [-0.2, 0) is 4.74 Å². The molecule has 1 aromatic heterocycles. The molecule has 2 fully saturated rings. The Morgan fingerprint density at radius 1 is 1.22 bits per heavy atom. The lowest BCUT2D eigenvalue weighted by atomic mass is 10.1. The van der Waals surface area contributed by atoms with Crippen LogP contribution in [0.25, 0.3) is 5.69 Å². The number of likely N-dealkylation sites (tertiary alicyclic amines) is 1. The number of alkyl halides is 2. The first kappa shape index (κ1) is 22.7. The third-order valence-electron chi connectivity index (χ3n) is 6.03. The highest BCUT2D eigenvalue weighted by Crippen LogP contribution is 2.26. The predicted molar refractivity (Wildman–Crippen MR) is 116 cm³/mol. The van der Waals surface area contributed by atoms with Crippen molar-refractivity contribution < 1.29 is 23.0 Å². The van der Waals surface area contributed by atoms with E-state index in [4.69, 9.17) is 4.74 Å². The molecular formula is C23H30F2N4O3. The molecule has 2 aliphatic heterocycles. The Kier molecular flexibility index (Phi) is 6.48. The number of nitrogens with one attached hydrogen (secondary N) is 1. The zero-order chi connectivity index (χ0) is 22.9. The number of aryl methyl sites for hydroxylation is 1. The molecule has 9 heteroatoms. The van der Waals surface area contributed by atoms with Gasteiger partial charge < -0.3 is 19.7 Å². The average molecular weight is 449 g/mol. The quantitative estimate of drug-likeness (QED) is 0.733. The molecule has 0 bridgehead atoms. The Morgan fingerprint density at radius 3 is 2.69 bits per heavy atom. The smallest absolute Gasteiger partial charge is 0.394 e. The summed E-state index contributed by atoms with van der Waals surface area (Å²) in [7, 11) is 0. The van der Waals surface area contributed by atoms with Crippen molar-refractivity contribution in [3.8, 4) is 11.4 Å². The predicted octanol–water partition coefficient (Wildman–Crippen LogP) is 3.46. The van der Waals surface area contributed by atoms with Crippen LogP contribution in [0, 0.1) is 13.8 Å². The van der Waals surface area contributed by atoms with E-state index in [0.717, 1.165) is 32.5 Å². The van der Waals surface area contributed by atoms with Gasteiger partial charge in [-0.2, -0.15) is 13.9 Å². The number of benzene rings is 1. The fourth-order valence-electron chi connectivity index (χ4n) is 4.53. The molecule has 1 atom stereocenters. The zero-order valence-electron chi connectivity index (χ0n) is 18.7. The molecule has 1 amide bonds. The van der Waals surface area contributed by atoms with Gasteiger partial charge in [-0.1, -0.05) is 6.07 Å². The van der Waals surface area contributed by atoms with Crippen molar-refractivity contribution in [2.45, 2.75) is 58.2 Å². The maximum absolute atomic E-state index is 13.3. The normalized spacial score (nSPS) is 20.0. The number of carbonyl (C=O) groups excluding carboxylic acids is 1. The molecule has 0 saturated carbocycles. The van der Waals surface area contributed by atoms with Gasteiger partial charge in [0.1, 0.15) is 5.75 Å². The second kappa shape index (κ2) is 9.15. The lowest BCUT2D eigenvalue weighted by Crippen LogP contribution is -2.43. The van der Waals surface area contributed by atoms with Gasteiger partial charge in [-0.3, -0.25) is 4.79 Å². The Morgan fingerprint density at radius 2 is 1.97 bits per heavy atom. The van der Waals surface area contributed by atoms with E-state index >= 15 is 0 Å². The van der Waals surface area contributed by atoms with Crippen LogP contribution in [0.2, 0.25) is 0 Å². The van der Waals surface area contributed by atoms with Crippen molar-refractivity contribution in [2.24, 2.45) is 0 Å². The van der Waals surface area contributed by atoms with E-state index in [2.05, 4.69) is 15.2 Å². The zero-order valence-corrected chi connectivity index (χ0v) is 18.7. The number of halogens is 2. The molecule has 1 N–H and O–H groups in total. The summed E-state index contributed by atoms with van der Waals surface area (Å²) in [5.74, 6) is -0.00738. The molecule has 1 unspecified atom stereocenters. The van der Waals surface area contributed by atoms with Crippen molar-refractivity contribution in [2.75, 3.05) is 26.3 Å². The molecule has 7 nitrogen and oxygen atoms in total. The monoisotopic (exact) mass is 448 g/mol. The second-order valence-electron chi connectivity index (χ2n) is 8.65. The topological polar surface area (TPSA) is 68.6 Å². The van der Waals surface area contributed by atoms with Gasteiger partial charge in [0.05, 0.1) is 22.6 Å². The van der Waals surface area contributed by atoms with Gasteiger partial charge in [0.25, 0.3) is 5.91 Å². The van der Waals surface area contributed by atoms with Crippen molar-refractivity contribution >= 4 is 5.91 Å². The first-order chi connectivity index (χ1) is 15.2. The SMILES string of the molecule is Cc1nn(-c2cccc(OC(C)(F)F)c2)c(C)c1C(=O)N1CCC(NC2CCOCC2)C1. The van der Waals surface area contributed by atoms with E-state index < -0.39 is 6.11 Å². The van der Waals surface area contributed by atoms with Gasteiger partial charge in [0.15, 0.2) is 0 Å². The Hall–Kier alpha value is -2.52. The molecule has 174 valence electrons. The van der Waals surface area contributed by atoms with Gasteiger partial charge in [-0.25, -0.2) is 4.68 Å². The third kappa shape index (κ3) is 5.10. The Balaban J connectivity index is 1.48. The summed E-state index contributed by atoms with van der Waals surface area (Å²) in [4.78, 5) is 15.2. The molecule has 2 aromatic rings. The molecule has 3 heterocycles. The molecular weight excluding hydrogens is 418 g/mol. The summed E-state index contributed by atoms with van der Waals surface area (Å²) in [6, 6.07) is 7.06. The van der Waals surface area contributed by atoms with Crippen LogP contribution in [0.3, 0.4) is 0 Å². The molecule has 0 aliphatic carbocycles. The number of nitrogens with zero attached hydrogens (tertiary/aromatic N) is 3. The van der Waals surface area contributed by atoms with Crippen molar-refractivity contribution in [1.29, 1.82) is 0 Å². The van der Waals surface area contributed by atoms with Gasteiger partial charge >= 0.3 is 6.11 Å². The number of hydrogen-bond donors (Lipinski definition) is 1. The molecule has 0 radical (unpaired) electrons. The van der Waals surface area contributed by atoms with Gasteiger partial charge in [-0.15, -0.1) is 0 Å². The standard InChI is InChI=1S/C23H30F2N4O3/c1-15-21(22(30)28-10-7-18(14-28)26-17-8-11-31-12-9-17)16(2)29(27-15)19-5-4-6-20(13-19)32-23(3,24)25/h4-6,13,17-18,26H,7-12,14H2,1-3H3. The summed E-state index contributed by atoms with van der Waals surface area (Å²) in [5, 5.41) is 8.19. The minimum atomic E-state index is -3.28. The summed E-state index contributed by atoms with van der Waals surface area (Å²) in [5.41, 5.74) is 2.41. The molecule has 2 saturated heterocycles. The minimum absolute atomic E-state index is 0.0389. The Bertz CT molecular complexity index is 967. The molecule has 0 spiro atoms. The van der Waals surface area contributed by atoms with E-state index in [1.807, 2.05) is 11.8 Å². The second-order valence-corrected chi connectivity index (χ2v) is 8.65. The number of rotatable bonds is 6. The lowest BCUT2D eigenvalue weighted by molar-refractivity contribution is -0.158. The van der Waals surface area contributed by atoms with Crippen LogP contribution in [0.15, 0.2) is 24.3 Å². The Labute approximate surface area is 186 Å². The first-order valence-electron chi connectivity index (χ1n) is 11.1. The third-order valence-corrected chi connectivity index (χ3v) is 6.03. The summed E-state index contributed by atoms with van der Waals surface area (Å²) < 4.78 is 38.2. The number of amides is 1. The van der Waals surface area contributed by atoms with Gasteiger partial charge in [0, 0.05) is 51.4 Å². The average Bonchev–Trinajstić information content (AvgIpc) is 3.31. The van der Waals surface area contributed by atoms with E-state index in [1.54, 1.807) is 23.7 Å². The van der Waals surface area contributed by atoms with Crippen LogP contribution in [-0.4, -0.2) is 65.1 Å². The maximum atomic E-state index is 13.3. The summed E-state index contributed by atoms with van der Waals surface area (Å²) >= 11 is 0. The van der Waals surface area contributed by atoms with Gasteiger partial charge in [-0.05, 0) is 45.2 Å². The van der Waals surface area contributed by atoms with E-state index in [1.165, 1.54) is 12.1 Å². The van der Waals surface area contributed by atoms with Crippen LogP contribution in [0.4, 0.5) is 8.78 Å². The highest BCUT2D eigenvalue weighted by Gasteiger charge is 2.32. The largest absolute Gasteiger partial charge is 0.433 e. The van der Waals surface area contributed by atoms with Crippen LogP contribution >= 0.6 is 0 Å². The van der Waals surface area contributed by atoms with Crippen molar-refractivity contribution in [3.05, 3.63) is 41.2 Å². The first-order valence-corrected chi connectivity index (χ1v) is 11.1. The fourth-order valence-corrected chi connectivity index (χ4v) is 4.53. The minimum Gasteiger partial charge on any atom is -0.433 e. The number of hydrogen-bond acceptors (Lipinski definition) is 5. The number of ether oxygens (including phenoxy) is 2. The van der Waals surface area contributed by atoms with E-state index in [9.17, 15) is 13.6 Å². The number of aromatic nitrogens is 2. The molecule has 2 aliphatic rings. The maximum Gasteiger partial charge on any atom is 0.394 e. The summed E-state index contributed by atoms with van der Waals surface area (Å²) in [6.45, 7) is 7.24. The van der Waals surface area contributed by atoms with E-state index in [-0.39, 0.29) is 17.7 Å². The molecule has 1 aromatic carbocycles. The van der Waals surface area contributed by atoms with Crippen LogP contribution in [0.1, 0.15) is 47.9 Å². The van der Waals surface area contributed by atoms with E-state index in [0.29, 0.717) is 48.7 Å². The van der Waals surface area contributed by atoms with Crippen LogP contribution < -0.4 is 10.1 Å². The van der Waals surface area contributed by atoms with Crippen LogP contribution in [0.5, 0.6) is 5.75 Å². The van der Waals surface area contributed by atoms with Crippen molar-refractivity contribution in [1.82, 2.24) is 20.0 Å². The fraction of sp³-hybridized carbons (Fsp3) is 0.565. The summed E-state index contributed by atoms with van der Waals surface area (Å²) in [6.07, 6.45) is -0.357. The highest BCUT2D eigenvalue weighted by atomic mass is 19.3. The molecule has 32 heavy (non-hydrogen) atoms.